The molecule has 0 aromatic heterocycles. The normalized spacial score (nSPS) is 10.5. The van der Waals surface area contributed by atoms with Gasteiger partial charge < -0.3 is 25.4 Å². The van der Waals surface area contributed by atoms with E-state index in [2.05, 4.69) is 20.9 Å². The summed E-state index contributed by atoms with van der Waals surface area (Å²) in [5.41, 5.74) is 1.01. The van der Waals surface area contributed by atoms with Gasteiger partial charge in [0.15, 0.2) is 17.5 Å². The van der Waals surface area contributed by atoms with Gasteiger partial charge in [0.2, 0.25) is 5.91 Å². The predicted octanol–water partition coefficient (Wildman–Crippen LogP) is 2.29. The largest absolute Gasteiger partial charge is 0.493 e. The van der Waals surface area contributed by atoms with Crippen LogP contribution in [0.5, 0.6) is 11.5 Å². The van der Waals surface area contributed by atoms with E-state index in [0.29, 0.717) is 43.5 Å². The van der Waals surface area contributed by atoms with Crippen LogP contribution >= 0.6 is 24.0 Å². The molecule has 1 aromatic rings. The molecule has 0 aliphatic carbocycles. The van der Waals surface area contributed by atoms with Crippen molar-refractivity contribution >= 4 is 35.8 Å². The Labute approximate surface area is 173 Å². The van der Waals surface area contributed by atoms with Gasteiger partial charge >= 0.3 is 0 Å². The average Bonchev–Trinajstić information content (AvgIpc) is 2.64. The number of nitrogens with zero attached hydrogens (tertiary/aromatic N) is 1. The molecule has 148 valence electrons. The first kappa shape index (κ1) is 24.3. The summed E-state index contributed by atoms with van der Waals surface area (Å²) in [6, 6.07) is 5.72. The molecule has 0 aliphatic rings. The number of carbonyl (C=O) groups excluding carboxylic acids is 1. The maximum Gasteiger partial charge on any atom is 0.221 e. The quantitative estimate of drug-likeness (QED) is 0.273. The second kappa shape index (κ2) is 14.5. The van der Waals surface area contributed by atoms with E-state index in [-0.39, 0.29) is 29.9 Å². The van der Waals surface area contributed by atoms with Crippen molar-refractivity contribution in [3.05, 3.63) is 23.8 Å². The van der Waals surface area contributed by atoms with Crippen molar-refractivity contribution in [2.45, 2.75) is 33.2 Å². The Morgan fingerprint density at radius 1 is 1.04 bits per heavy atom. The molecule has 0 fully saturated rings. The van der Waals surface area contributed by atoms with E-state index >= 15 is 0 Å². The first-order valence-electron chi connectivity index (χ1n) is 8.64. The molecular formula is C18H31IN4O3. The molecule has 0 saturated heterocycles. The first-order valence-corrected chi connectivity index (χ1v) is 8.64. The van der Waals surface area contributed by atoms with E-state index < -0.39 is 0 Å². The number of carbonyl (C=O) groups is 1. The van der Waals surface area contributed by atoms with Crippen LogP contribution in [-0.2, 0) is 11.3 Å². The first-order chi connectivity index (χ1) is 12.1. The summed E-state index contributed by atoms with van der Waals surface area (Å²) in [4.78, 5) is 16.2. The number of guanidine groups is 1. The molecule has 8 heteroatoms. The number of aliphatic imine (C=N–C) groups is 1. The third kappa shape index (κ3) is 9.12. The smallest absolute Gasteiger partial charge is 0.221 e. The Balaban J connectivity index is 0.00000625. The molecule has 0 unspecified atom stereocenters. The van der Waals surface area contributed by atoms with Gasteiger partial charge in [0.1, 0.15) is 0 Å². The van der Waals surface area contributed by atoms with Crippen molar-refractivity contribution in [3.63, 3.8) is 0 Å². The maximum absolute atomic E-state index is 11.6. The Kier molecular flexibility index (Phi) is 13.5. The van der Waals surface area contributed by atoms with Crippen LogP contribution in [0, 0.1) is 0 Å². The van der Waals surface area contributed by atoms with Crippen LogP contribution in [0.25, 0.3) is 0 Å². The fourth-order valence-corrected chi connectivity index (χ4v) is 2.14. The van der Waals surface area contributed by atoms with E-state index in [1.807, 2.05) is 32.0 Å². The van der Waals surface area contributed by atoms with Gasteiger partial charge in [-0.3, -0.25) is 4.79 Å². The maximum atomic E-state index is 11.6. The highest BCUT2D eigenvalue weighted by atomic mass is 127. The molecule has 0 bridgehead atoms. The highest BCUT2D eigenvalue weighted by molar-refractivity contribution is 14.0. The zero-order valence-electron chi connectivity index (χ0n) is 16.1. The molecule has 1 amide bonds. The Bertz CT molecular complexity index is 567. The molecular weight excluding hydrogens is 447 g/mol. The summed E-state index contributed by atoms with van der Waals surface area (Å²) in [5.74, 6) is 2.10. The lowest BCUT2D eigenvalue weighted by atomic mass is 10.2. The van der Waals surface area contributed by atoms with Crippen LogP contribution in [0.1, 0.15) is 32.3 Å². The lowest BCUT2D eigenvalue weighted by Gasteiger charge is -2.12. The summed E-state index contributed by atoms with van der Waals surface area (Å²) >= 11 is 0. The molecule has 26 heavy (non-hydrogen) atoms. The average molecular weight is 478 g/mol. The fraction of sp³-hybridized carbons (Fsp3) is 0.556. The van der Waals surface area contributed by atoms with Crippen molar-refractivity contribution in [2.24, 2.45) is 4.99 Å². The molecule has 0 heterocycles. The molecule has 3 N–H and O–H groups in total. The van der Waals surface area contributed by atoms with Crippen LogP contribution < -0.4 is 25.4 Å². The van der Waals surface area contributed by atoms with Gasteiger partial charge in [-0.1, -0.05) is 13.0 Å². The third-order valence-electron chi connectivity index (χ3n) is 3.43. The summed E-state index contributed by atoms with van der Waals surface area (Å²) in [5, 5.41) is 9.20. The molecule has 0 radical (unpaired) electrons. The van der Waals surface area contributed by atoms with Crippen LogP contribution in [0.3, 0.4) is 0 Å². The Morgan fingerprint density at radius 3 is 2.38 bits per heavy atom. The van der Waals surface area contributed by atoms with E-state index in [0.717, 1.165) is 18.5 Å². The number of rotatable bonds is 10. The summed E-state index contributed by atoms with van der Waals surface area (Å²) < 4.78 is 10.5. The van der Waals surface area contributed by atoms with Gasteiger partial charge in [0.05, 0.1) is 20.8 Å². The number of hydrogen-bond acceptors (Lipinski definition) is 4. The Hall–Kier alpha value is -1.71. The van der Waals surface area contributed by atoms with E-state index in [4.69, 9.17) is 9.47 Å². The second-order valence-electron chi connectivity index (χ2n) is 5.41. The van der Waals surface area contributed by atoms with E-state index in [9.17, 15) is 4.79 Å². The van der Waals surface area contributed by atoms with E-state index in [1.54, 1.807) is 14.2 Å². The molecule has 0 spiro atoms. The fourth-order valence-electron chi connectivity index (χ4n) is 2.14. The minimum absolute atomic E-state index is 0. The van der Waals surface area contributed by atoms with Crippen molar-refractivity contribution < 1.29 is 14.3 Å². The number of amides is 1. The van der Waals surface area contributed by atoms with Crippen molar-refractivity contribution in [1.29, 1.82) is 0 Å². The molecule has 1 rings (SSSR count). The summed E-state index contributed by atoms with van der Waals surface area (Å²) in [6.45, 7) is 6.53. The monoisotopic (exact) mass is 478 g/mol. The Morgan fingerprint density at radius 2 is 1.77 bits per heavy atom. The van der Waals surface area contributed by atoms with Crippen LogP contribution in [0.2, 0.25) is 0 Å². The van der Waals surface area contributed by atoms with Gasteiger partial charge in [0.25, 0.3) is 0 Å². The van der Waals surface area contributed by atoms with Crippen molar-refractivity contribution in [3.8, 4) is 11.5 Å². The molecule has 0 saturated carbocycles. The predicted molar refractivity (Wildman–Crippen MR) is 116 cm³/mol. The zero-order valence-corrected chi connectivity index (χ0v) is 18.4. The van der Waals surface area contributed by atoms with Crippen LogP contribution in [0.15, 0.2) is 23.2 Å². The van der Waals surface area contributed by atoms with Crippen LogP contribution in [-0.4, -0.2) is 45.7 Å². The highest BCUT2D eigenvalue weighted by Crippen LogP contribution is 2.27. The van der Waals surface area contributed by atoms with Crippen molar-refractivity contribution in [2.75, 3.05) is 33.9 Å². The summed E-state index contributed by atoms with van der Waals surface area (Å²) in [6.07, 6.45) is 1.36. The SMILES string of the molecule is CCCNC(=O)CCNC(=NCc1ccc(OC)c(OC)c1)NCC.I. The number of benzene rings is 1. The van der Waals surface area contributed by atoms with Gasteiger partial charge in [-0.15, -0.1) is 24.0 Å². The standard InChI is InChI=1S/C18H30N4O3.HI/c1-5-10-20-17(23)9-11-21-18(19-6-2)22-13-14-7-8-15(24-3)16(12-14)25-4;/h7-8,12H,5-6,9-11,13H2,1-4H3,(H,20,23)(H2,19,21,22);1H. The minimum atomic E-state index is 0. The number of ether oxygens (including phenoxy) is 2. The minimum Gasteiger partial charge on any atom is -0.493 e. The van der Waals surface area contributed by atoms with Crippen LogP contribution in [0.4, 0.5) is 0 Å². The lowest BCUT2D eigenvalue weighted by molar-refractivity contribution is -0.120. The second-order valence-corrected chi connectivity index (χ2v) is 5.41. The summed E-state index contributed by atoms with van der Waals surface area (Å²) in [7, 11) is 3.22. The van der Waals surface area contributed by atoms with Gasteiger partial charge in [-0.2, -0.15) is 0 Å². The number of halogens is 1. The highest BCUT2D eigenvalue weighted by Gasteiger charge is 2.05. The van der Waals surface area contributed by atoms with E-state index in [1.165, 1.54) is 0 Å². The molecule has 0 aliphatic heterocycles. The third-order valence-corrected chi connectivity index (χ3v) is 3.43. The zero-order chi connectivity index (χ0) is 18.5. The van der Waals surface area contributed by atoms with Crippen molar-refractivity contribution in [1.82, 2.24) is 16.0 Å². The molecule has 0 atom stereocenters. The lowest BCUT2D eigenvalue weighted by Crippen LogP contribution is -2.39. The number of methoxy groups -OCH3 is 2. The van der Waals surface area contributed by atoms with Gasteiger partial charge in [0, 0.05) is 26.1 Å². The topological polar surface area (TPSA) is 84.0 Å². The molecule has 1 aromatic carbocycles. The number of nitrogens with one attached hydrogen (secondary N) is 3. The van der Waals surface area contributed by atoms with Gasteiger partial charge in [-0.25, -0.2) is 4.99 Å². The van der Waals surface area contributed by atoms with Gasteiger partial charge in [-0.05, 0) is 31.0 Å². The number of hydrogen-bond donors (Lipinski definition) is 3. The molecule has 7 nitrogen and oxygen atoms in total.